The Morgan fingerprint density at radius 1 is 1.56 bits per heavy atom. The van der Waals surface area contributed by atoms with Gasteiger partial charge in [-0.25, -0.2) is 18.1 Å². The molecular weight excluding hydrogens is 276 g/mol. The first-order valence-corrected chi connectivity index (χ1v) is 7.60. The van der Waals surface area contributed by atoms with E-state index in [2.05, 4.69) is 9.71 Å². The third kappa shape index (κ3) is 3.20. The number of hydrogen-bond acceptors (Lipinski definition) is 4. The summed E-state index contributed by atoms with van der Waals surface area (Å²) in [6.07, 6.45) is 3.04. The quantitative estimate of drug-likeness (QED) is 0.855. The fourth-order valence-electron chi connectivity index (χ4n) is 1.91. The van der Waals surface area contributed by atoms with Crippen LogP contribution in [0.3, 0.4) is 0 Å². The summed E-state index contributed by atoms with van der Waals surface area (Å²) >= 11 is 5.62. The van der Waals surface area contributed by atoms with Gasteiger partial charge >= 0.3 is 0 Å². The molecule has 0 spiro atoms. The van der Waals surface area contributed by atoms with E-state index in [-0.39, 0.29) is 22.2 Å². The molecule has 2 heterocycles. The summed E-state index contributed by atoms with van der Waals surface area (Å²) in [5.74, 6) is 0. The van der Waals surface area contributed by atoms with Crippen LogP contribution >= 0.6 is 11.6 Å². The Hall–Kier alpha value is -0.690. The van der Waals surface area contributed by atoms with E-state index in [9.17, 15) is 8.42 Å². The van der Waals surface area contributed by atoms with Crippen molar-refractivity contribution >= 4 is 21.6 Å². The third-order valence-corrected chi connectivity index (χ3v) is 4.64. The first-order chi connectivity index (χ1) is 8.49. The highest BCUT2D eigenvalue weighted by Gasteiger charge is 2.27. The summed E-state index contributed by atoms with van der Waals surface area (Å²) in [5.41, 5.74) is 0. The van der Waals surface area contributed by atoms with E-state index in [1.807, 2.05) is 0 Å². The summed E-state index contributed by atoms with van der Waals surface area (Å²) in [7, 11) is -3.56. The van der Waals surface area contributed by atoms with Gasteiger partial charge in [-0.2, -0.15) is 0 Å². The monoisotopic (exact) mass is 290 g/mol. The molecule has 2 unspecified atom stereocenters. The third-order valence-electron chi connectivity index (χ3n) is 2.87. The molecule has 1 aromatic heterocycles. The molecule has 100 valence electrons. The highest BCUT2D eigenvalue weighted by atomic mass is 35.5. The van der Waals surface area contributed by atoms with Gasteiger partial charge in [0, 0.05) is 18.8 Å². The number of aromatic nitrogens is 1. The molecule has 1 aliphatic rings. The van der Waals surface area contributed by atoms with Gasteiger partial charge in [-0.15, -0.1) is 0 Å². The van der Waals surface area contributed by atoms with Crippen molar-refractivity contribution in [2.75, 3.05) is 6.61 Å². The molecule has 2 atom stereocenters. The maximum Gasteiger partial charge on any atom is 0.242 e. The first-order valence-electron chi connectivity index (χ1n) is 5.74. The second-order valence-electron chi connectivity index (χ2n) is 4.28. The summed E-state index contributed by atoms with van der Waals surface area (Å²) < 4.78 is 32.2. The molecule has 1 saturated heterocycles. The van der Waals surface area contributed by atoms with Crippen molar-refractivity contribution in [1.82, 2.24) is 9.71 Å². The van der Waals surface area contributed by atoms with Crippen LogP contribution < -0.4 is 4.72 Å². The minimum atomic E-state index is -3.56. The molecular formula is C11H15ClN2O3S. The minimum Gasteiger partial charge on any atom is -0.377 e. The number of nitrogens with zero attached hydrogens (tertiary/aromatic N) is 1. The Kier molecular flexibility index (Phi) is 4.21. The van der Waals surface area contributed by atoms with Crippen molar-refractivity contribution in [3.63, 3.8) is 0 Å². The Morgan fingerprint density at radius 3 is 2.89 bits per heavy atom. The van der Waals surface area contributed by atoms with Gasteiger partial charge in [-0.05, 0) is 31.9 Å². The van der Waals surface area contributed by atoms with Crippen LogP contribution in [0.4, 0.5) is 0 Å². The fourth-order valence-corrected chi connectivity index (χ4v) is 3.23. The number of halogens is 1. The van der Waals surface area contributed by atoms with E-state index in [1.54, 1.807) is 6.92 Å². The maximum absolute atomic E-state index is 12.1. The minimum absolute atomic E-state index is 0.0555. The highest BCUT2D eigenvalue weighted by Crippen LogP contribution is 2.18. The Bertz CT molecular complexity index is 498. The molecule has 7 heteroatoms. The second-order valence-corrected chi connectivity index (χ2v) is 6.38. The lowest BCUT2D eigenvalue weighted by Gasteiger charge is -2.19. The molecule has 1 aromatic rings. The lowest BCUT2D eigenvalue weighted by molar-refractivity contribution is 0.0902. The van der Waals surface area contributed by atoms with Gasteiger partial charge in [0.05, 0.1) is 6.10 Å². The van der Waals surface area contributed by atoms with Crippen molar-refractivity contribution in [1.29, 1.82) is 0 Å². The summed E-state index contributed by atoms with van der Waals surface area (Å²) in [4.78, 5) is 3.87. The number of pyridine rings is 1. The van der Waals surface area contributed by atoms with E-state index >= 15 is 0 Å². The molecule has 1 aliphatic heterocycles. The molecule has 18 heavy (non-hydrogen) atoms. The molecule has 0 saturated carbocycles. The van der Waals surface area contributed by atoms with Crippen LogP contribution in [0.5, 0.6) is 0 Å². The zero-order valence-corrected chi connectivity index (χ0v) is 11.5. The van der Waals surface area contributed by atoms with Gasteiger partial charge in [-0.3, -0.25) is 0 Å². The normalized spacial score (nSPS) is 22.0. The van der Waals surface area contributed by atoms with E-state index < -0.39 is 10.0 Å². The van der Waals surface area contributed by atoms with Gasteiger partial charge < -0.3 is 4.74 Å². The predicted molar refractivity (Wildman–Crippen MR) is 68.0 cm³/mol. The van der Waals surface area contributed by atoms with Crippen molar-refractivity contribution in [2.45, 2.75) is 36.8 Å². The molecule has 1 N–H and O–H groups in total. The number of ether oxygens (including phenoxy) is 1. The van der Waals surface area contributed by atoms with Crippen LogP contribution in [0.1, 0.15) is 19.8 Å². The molecule has 0 aliphatic carbocycles. The zero-order valence-electron chi connectivity index (χ0n) is 9.97. The SMILES string of the molecule is CC(NS(=O)(=O)c1ccc(Cl)nc1)C1CCCO1. The zero-order chi connectivity index (χ0) is 13.2. The molecule has 0 bridgehead atoms. The largest absolute Gasteiger partial charge is 0.377 e. The molecule has 5 nitrogen and oxygen atoms in total. The molecule has 2 rings (SSSR count). The molecule has 0 radical (unpaired) electrons. The lowest BCUT2D eigenvalue weighted by Crippen LogP contribution is -2.40. The smallest absolute Gasteiger partial charge is 0.242 e. The van der Waals surface area contributed by atoms with E-state index in [1.165, 1.54) is 18.3 Å². The van der Waals surface area contributed by atoms with Gasteiger partial charge in [0.1, 0.15) is 10.0 Å². The average Bonchev–Trinajstić information content (AvgIpc) is 2.82. The van der Waals surface area contributed by atoms with Gasteiger partial charge in [0.2, 0.25) is 10.0 Å². The number of sulfonamides is 1. The maximum atomic E-state index is 12.1. The number of hydrogen-bond donors (Lipinski definition) is 1. The summed E-state index contributed by atoms with van der Waals surface area (Å²) in [5, 5.41) is 0.265. The van der Waals surface area contributed by atoms with E-state index in [0.29, 0.717) is 6.61 Å². The van der Waals surface area contributed by atoms with Crippen LogP contribution in [0.15, 0.2) is 23.2 Å². The lowest BCUT2D eigenvalue weighted by atomic mass is 10.1. The van der Waals surface area contributed by atoms with Crippen LogP contribution in [-0.2, 0) is 14.8 Å². The van der Waals surface area contributed by atoms with Crippen molar-refractivity contribution in [3.05, 3.63) is 23.5 Å². The standard InChI is InChI=1S/C11H15ClN2O3S/c1-8(10-3-2-6-17-10)14-18(15,16)9-4-5-11(12)13-7-9/h4-5,7-8,10,14H,2-3,6H2,1H3. The van der Waals surface area contributed by atoms with Gasteiger partial charge in [0.25, 0.3) is 0 Å². The number of nitrogens with one attached hydrogen (secondary N) is 1. The van der Waals surface area contributed by atoms with Crippen molar-refractivity contribution in [2.24, 2.45) is 0 Å². The van der Waals surface area contributed by atoms with Crippen LogP contribution in [-0.4, -0.2) is 32.2 Å². The highest BCUT2D eigenvalue weighted by molar-refractivity contribution is 7.89. The van der Waals surface area contributed by atoms with Crippen molar-refractivity contribution < 1.29 is 13.2 Å². The fraction of sp³-hybridized carbons (Fsp3) is 0.545. The average molecular weight is 291 g/mol. The Morgan fingerprint density at radius 2 is 2.33 bits per heavy atom. The van der Waals surface area contributed by atoms with Crippen molar-refractivity contribution in [3.8, 4) is 0 Å². The summed E-state index contributed by atoms with van der Waals surface area (Å²) in [6, 6.07) is 2.63. The van der Waals surface area contributed by atoms with Gasteiger partial charge in [-0.1, -0.05) is 11.6 Å². The molecule has 0 amide bonds. The molecule has 0 aromatic carbocycles. The topological polar surface area (TPSA) is 68.3 Å². The van der Waals surface area contributed by atoms with Crippen LogP contribution in [0, 0.1) is 0 Å². The van der Waals surface area contributed by atoms with Gasteiger partial charge in [0.15, 0.2) is 0 Å². The number of rotatable bonds is 4. The van der Waals surface area contributed by atoms with E-state index in [4.69, 9.17) is 16.3 Å². The first kappa shape index (κ1) is 13.7. The summed E-state index contributed by atoms with van der Waals surface area (Å²) in [6.45, 7) is 2.50. The predicted octanol–water partition coefficient (Wildman–Crippen LogP) is 1.58. The van der Waals surface area contributed by atoms with Crippen LogP contribution in [0.25, 0.3) is 0 Å². The van der Waals surface area contributed by atoms with E-state index in [0.717, 1.165) is 12.8 Å². The van der Waals surface area contributed by atoms with Crippen LogP contribution in [0.2, 0.25) is 5.15 Å². The second kappa shape index (κ2) is 5.52. The molecule has 1 fully saturated rings. The Labute approximate surface area is 112 Å². The Balaban J connectivity index is 2.09.